The van der Waals surface area contributed by atoms with E-state index in [2.05, 4.69) is 17.2 Å². The molecule has 1 amide bonds. The van der Waals surface area contributed by atoms with Crippen LogP contribution < -0.4 is 5.32 Å². The largest absolute Gasteiger partial charge is 0.307 e. The Hall–Kier alpha value is -2.73. The fourth-order valence-electron chi connectivity index (χ4n) is 4.47. The van der Waals surface area contributed by atoms with Gasteiger partial charge in [-0.25, -0.2) is 4.98 Å². The molecule has 1 aliphatic carbocycles. The standard InChI is InChI=1S/C24H25N3O2S/c1-14-12-18-23(19(28)13-14)22(16-7-9-17(30-3)10-8-16)21(15(2)26-18)24(29)27-20-6-4-5-11-25-20/h4-11,14,22-23H,12-13H2,1-3H3,(H,25,27,29)/t14-,22+,23?/m1/s1. The second-order valence-electron chi connectivity index (χ2n) is 7.98. The van der Waals surface area contributed by atoms with E-state index in [4.69, 9.17) is 4.99 Å². The summed E-state index contributed by atoms with van der Waals surface area (Å²) in [5.74, 6) is -0.0329. The first-order valence-corrected chi connectivity index (χ1v) is 11.4. The van der Waals surface area contributed by atoms with Crippen LogP contribution in [-0.2, 0) is 9.59 Å². The first-order valence-electron chi connectivity index (χ1n) is 10.1. The summed E-state index contributed by atoms with van der Waals surface area (Å²) in [7, 11) is 0. The van der Waals surface area contributed by atoms with Crippen LogP contribution in [0.5, 0.6) is 0 Å². The van der Waals surface area contributed by atoms with E-state index in [1.165, 1.54) is 0 Å². The van der Waals surface area contributed by atoms with E-state index in [1.807, 2.05) is 43.5 Å². The number of pyridine rings is 1. The highest BCUT2D eigenvalue weighted by Gasteiger charge is 2.44. The fourth-order valence-corrected chi connectivity index (χ4v) is 4.88. The lowest BCUT2D eigenvalue weighted by atomic mass is 9.67. The van der Waals surface area contributed by atoms with Gasteiger partial charge in [0.05, 0.1) is 5.92 Å². The van der Waals surface area contributed by atoms with E-state index in [9.17, 15) is 9.59 Å². The maximum Gasteiger partial charge on any atom is 0.255 e. The Kier molecular flexibility index (Phi) is 5.86. The number of ketones is 1. The maximum atomic E-state index is 13.3. The predicted octanol–water partition coefficient (Wildman–Crippen LogP) is 4.87. The van der Waals surface area contributed by atoms with Gasteiger partial charge in [0.2, 0.25) is 0 Å². The minimum atomic E-state index is -0.380. The Labute approximate surface area is 181 Å². The third kappa shape index (κ3) is 3.97. The van der Waals surface area contributed by atoms with Gasteiger partial charge in [-0.15, -0.1) is 11.8 Å². The number of nitrogens with zero attached hydrogens (tertiary/aromatic N) is 2. The maximum absolute atomic E-state index is 13.3. The number of carbonyl (C=O) groups is 2. The average Bonchev–Trinajstić information content (AvgIpc) is 2.73. The van der Waals surface area contributed by atoms with Crippen molar-refractivity contribution in [2.75, 3.05) is 11.6 Å². The van der Waals surface area contributed by atoms with Crippen LogP contribution >= 0.6 is 11.8 Å². The van der Waals surface area contributed by atoms with Crippen LogP contribution in [0, 0.1) is 11.8 Å². The van der Waals surface area contributed by atoms with Gasteiger partial charge in [0.25, 0.3) is 5.91 Å². The number of anilines is 1. The van der Waals surface area contributed by atoms with Crippen molar-refractivity contribution in [1.82, 2.24) is 4.98 Å². The highest BCUT2D eigenvalue weighted by molar-refractivity contribution is 7.98. The Morgan fingerprint density at radius 3 is 2.53 bits per heavy atom. The summed E-state index contributed by atoms with van der Waals surface area (Å²) >= 11 is 1.67. The molecule has 3 atom stereocenters. The van der Waals surface area contributed by atoms with Crippen molar-refractivity contribution in [3.05, 3.63) is 65.5 Å². The fraction of sp³-hybridized carbons (Fsp3) is 0.333. The Morgan fingerprint density at radius 2 is 1.87 bits per heavy atom. The van der Waals surface area contributed by atoms with Crippen LogP contribution in [-0.4, -0.2) is 28.6 Å². The van der Waals surface area contributed by atoms with Gasteiger partial charge < -0.3 is 5.32 Å². The molecule has 2 heterocycles. The van der Waals surface area contributed by atoms with Crippen LogP contribution in [0.2, 0.25) is 0 Å². The molecule has 1 N–H and O–H groups in total. The summed E-state index contributed by atoms with van der Waals surface area (Å²) in [5.41, 5.74) is 3.10. The van der Waals surface area contributed by atoms with Gasteiger partial charge in [-0.05, 0) is 55.3 Å². The number of carbonyl (C=O) groups excluding carboxylic acids is 2. The number of thioether (sulfide) groups is 1. The molecule has 0 bridgehead atoms. The number of rotatable bonds is 4. The van der Waals surface area contributed by atoms with Gasteiger partial charge in [0.15, 0.2) is 0 Å². The lowest BCUT2D eigenvalue weighted by Crippen LogP contribution is -2.41. The molecule has 2 aromatic rings. The number of benzene rings is 1. The van der Waals surface area contributed by atoms with Crippen LogP contribution in [0.15, 0.2) is 69.8 Å². The zero-order chi connectivity index (χ0) is 21.3. The predicted molar refractivity (Wildman–Crippen MR) is 121 cm³/mol. The molecule has 1 aliphatic heterocycles. The van der Waals surface area contributed by atoms with Crippen molar-refractivity contribution in [2.24, 2.45) is 16.8 Å². The average molecular weight is 420 g/mol. The molecule has 5 nitrogen and oxygen atoms in total. The van der Waals surface area contributed by atoms with Gasteiger partial charge in [-0.3, -0.25) is 14.6 Å². The monoisotopic (exact) mass is 419 g/mol. The van der Waals surface area contributed by atoms with E-state index < -0.39 is 0 Å². The minimum Gasteiger partial charge on any atom is -0.307 e. The Balaban J connectivity index is 1.79. The highest BCUT2D eigenvalue weighted by atomic mass is 32.2. The molecule has 1 saturated carbocycles. The van der Waals surface area contributed by atoms with E-state index in [0.29, 0.717) is 23.5 Å². The van der Waals surface area contributed by atoms with Crippen molar-refractivity contribution in [3.8, 4) is 0 Å². The van der Waals surface area contributed by atoms with E-state index in [1.54, 1.807) is 30.1 Å². The molecule has 154 valence electrons. The summed E-state index contributed by atoms with van der Waals surface area (Å²) in [6, 6.07) is 13.5. The van der Waals surface area contributed by atoms with Gasteiger partial charge in [-0.1, -0.05) is 25.1 Å². The van der Waals surface area contributed by atoms with Crippen LogP contribution in [0.3, 0.4) is 0 Å². The number of hydrogen-bond acceptors (Lipinski definition) is 5. The minimum absolute atomic E-state index is 0.169. The van der Waals surface area contributed by atoms with Crippen molar-refractivity contribution in [1.29, 1.82) is 0 Å². The summed E-state index contributed by atoms with van der Waals surface area (Å²) in [6.07, 6.45) is 4.99. The zero-order valence-corrected chi connectivity index (χ0v) is 18.2. The van der Waals surface area contributed by atoms with E-state index >= 15 is 0 Å². The van der Waals surface area contributed by atoms with Crippen molar-refractivity contribution in [3.63, 3.8) is 0 Å². The van der Waals surface area contributed by atoms with Crippen LogP contribution in [0.25, 0.3) is 0 Å². The number of aromatic nitrogens is 1. The third-order valence-corrected chi connectivity index (χ3v) is 6.53. The molecule has 6 heteroatoms. The SMILES string of the molecule is CSc1ccc([C@H]2C(C(=O)Nc3ccccn3)=C(C)N=C3C[C@@H](C)CC(=O)C32)cc1. The smallest absolute Gasteiger partial charge is 0.255 e. The summed E-state index contributed by atoms with van der Waals surface area (Å²) < 4.78 is 0. The molecule has 1 fully saturated rings. The Bertz CT molecular complexity index is 1030. The van der Waals surface area contributed by atoms with Crippen molar-refractivity contribution in [2.45, 2.75) is 37.5 Å². The highest BCUT2D eigenvalue weighted by Crippen LogP contribution is 2.44. The Morgan fingerprint density at radius 1 is 1.10 bits per heavy atom. The number of nitrogens with one attached hydrogen (secondary N) is 1. The number of aliphatic imine (C=N–C) groups is 1. The second kappa shape index (κ2) is 8.56. The zero-order valence-electron chi connectivity index (χ0n) is 17.4. The number of hydrogen-bond donors (Lipinski definition) is 1. The molecule has 1 aromatic carbocycles. The van der Waals surface area contributed by atoms with Gasteiger partial charge in [-0.2, -0.15) is 0 Å². The molecule has 1 unspecified atom stereocenters. The first-order chi connectivity index (χ1) is 14.5. The quantitative estimate of drug-likeness (QED) is 0.718. The van der Waals surface area contributed by atoms with E-state index in [0.717, 1.165) is 22.6 Å². The van der Waals surface area contributed by atoms with Gasteiger partial charge >= 0.3 is 0 Å². The summed E-state index contributed by atoms with van der Waals surface area (Å²) in [5, 5.41) is 2.89. The lowest BCUT2D eigenvalue weighted by Gasteiger charge is -2.37. The molecule has 2 aliphatic rings. The van der Waals surface area contributed by atoms with Crippen LogP contribution in [0.4, 0.5) is 5.82 Å². The second-order valence-corrected chi connectivity index (χ2v) is 8.86. The number of fused-ring (bicyclic) bond motifs is 1. The summed E-state index contributed by atoms with van der Waals surface area (Å²) in [4.78, 5) is 36.6. The molecule has 0 saturated heterocycles. The molecule has 4 rings (SSSR count). The third-order valence-electron chi connectivity index (χ3n) is 5.78. The molecule has 1 aromatic heterocycles. The number of allylic oxidation sites excluding steroid dienone is 1. The van der Waals surface area contributed by atoms with Crippen molar-refractivity contribution < 1.29 is 9.59 Å². The number of amides is 1. The molecule has 0 spiro atoms. The molecule has 0 radical (unpaired) electrons. The lowest BCUT2D eigenvalue weighted by molar-refractivity contribution is -0.123. The van der Waals surface area contributed by atoms with Gasteiger partial charge in [0.1, 0.15) is 11.6 Å². The molecule has 30 heavy (non-hydrogen) atoms. The normalized spacial score (nSPS) is 23.6. The topological polar surface area (TPSA) is 71.4 Å². The van der Waals surface area contributed by atoms with E-state index in [-0.39, 0.29) is 29.4 Å². The first kappa shape index (κ1) is 20.5. The summed E-state index contributed by atoms with van der Waals surface area (Å²) in [6.45, 7) is 3.95. The van der Waals surface area contributed by atoms with Crippen LogP contribution in [0.1, 0.15) is 38.2 Å². The number of Topliss-reactive ketones (excluding diaryl/α,β-unsaturated/α-hetero) is 1. The molecular formula is C24H25N3O2S. The van der Waals surface area contributed by atoms with Gasteiger partial charge in [0, 0.05) is 40.4 Å². The molecular weight excluding hydrogens is 394 g/mol. The van der Waals surface area contributed by atoms with Crippen molar-refractivity contribution >= 4 is 35.0 Å².